The maximum Gasteiger partial charge on any atom is 0.0607 e. The standard InChI is InChI=1S/C22H32N2.2ClH/c1-21(2,3)23(7)17-9-11-19-13-15-20(16-14-19)12-10-18-24(8)22(4,5)6;;/h13-16H,17-18H2,1-8H3;2*1H. The molecule has 26 heavy (non-hydrogen) atoms. The Morgan fingerprint density at radius 1 is 0.654 bits per heavy atom. The molecule has 0 aliphatic rings. The van der Waals surface area contributed by atoms with Gasteiger partial charge in [-0.3, -0.25) is 9.80 Å². The van der Waals surface area contributed by atoms with Crippen LogP contribution in [0.25, 0.3) is 0 Å². The molecule has 0 radical (unpaired) electrons. The van der Waals surface area contributed by atoms with Crippen LogP contribution < -0.4 is 0 Å². The molecular weight excluding hydrogens is 363 g/mol. The molecule has 0 amide bonds. The lowest BCUT2D eigenvalue weighted by Crippen LogP contribution is -2.38. The minimum Gasteiger partial charge on any atom is -0.290 e. The van der Waals surface area contributed by atoms with Gasteiger partial charge in [-0.25, -0.2) is 0 Å². The molecule has 4 heteroatoms. The quantitative estimate of drug-likeness (QED) is 0.668. The summed E-state index contributed by atoms with van der Waals surface area (Å²) in [6.07, 6.45) is 0. The van der Waals surface area contributed by atoms with Crippen LogP contribution in [-0.2, 0) is 0 Å². The minimum absolute atomic E-state index is 0. The summed E-state index contributed by atoms with van der Waals surface area (Å²) >= 11 is 0. The van der Waals surface area contributed by atoms with Crippen molar-refractivity contribution >= 4 is 24.8 Å². The van der Waals surface area contributed by atoms with Crippen LogP contribution in [0.5, 0.6) is 0 Å². The maximum atomic E-state index is 3.24. The first kappa shape index (κ1) is 27.1. The molecular formula is C22H34Cl2N2. The summed E-state index contributed by atoms with van der Waals surface area (Å²) in [7, 11) is 4.20. The zero-order chi connectivity index (χ0) is 18.4. The number of hydrogen-bond acceptors (Lipinski definition) is 2. The highest BCUT2D eigenvalue weighted by Gasteiger charge is 2.15. The van der Waals surface area contributed by atoms with E-state index in [4.69, 9.17) is 0 Å². The highest BCUT2D eigenvalue weighted by molar-refractivity contribution is 5.85. The van der Waals surface area contributed by atoms with Crippen LogP contribution in [0.4, 0.5) is 0 Å². The van der Waals surface area contributed by atoms with Gasteiger partial charge in [-0.1, -0.05) is 23.7 Å². The Balaban J connectivity index is 0. The topological polar surface area (TPSA) is 6.48 Å². The molecule has 146 valence electrons. The lowest BCUT2D eigenvalue weighted by molar-refractivity contribution is 0.198. The van der Waals surface area contributed by atoms with E-state index >= 15 is 0 Å². The van der Waals surface area contributed by atoms with Gasteiger partial charge in [-0.2, -0.15) is 0 Å². The zero-order valence-corrected chi connectivity index (χ0v) is 19.1. The fourth-order valence-electron chi connectivity index (χ4n) is 1.63. The van der Waals surface area contributed by atoms with Gasteiger partial charge in [-0.05, 0) is 79.9 Å². The molecule has 0 saturated carbocycles. The summed E-state index contributed by atoms with van der Waals surface area (Å²) < 4.78 is 0. The highest BCUT2D eigenvalue weighted by atomic mass is 35.5. The number of nitrogens with zero attached hydrogens (tertiary/aromatic N) is 2. The molecule has 0 fully saturated rings. The van der Waals surface area contributed by atoms with Crippen molar-refractivity contribution in [3.8, 4) is 23.7 Å². The van der Waals surface area contributed by atoms with Crippen molar-refractivity contribution in [2.24, 2.45) is 0 Å². The van der Waals surface area contributed by atoms with Crippen molar-refractivity contribution in [1.82, 2.24) is 9.80 Å². The van der Waals surface area contributed by atoms with Gasteiger partial charge in [0.15, 0.2) is 0 Å². The molecule has 0 aromatic heterocycles. The first-order valence-corrected chi connectivity index (χ1v) is 8.50. The lowest BCUT2D eigenvalue weighted by Gasteiger charge is -2.29. The smallest absolute Gasteiger partial charge is 0.0607 e. The normalized spacial score (nSPS) is 10.8. The highest BCUT2D eigenvalue weighted by Crippen LogP contribution is 2.10. The van der Waals surface area contributed by atoms with Crippen molar-refractivity contribution in [3.05, 3.63) is 35.4 Å². The number of rotatable bonds is 2. The molecule has 0 N–H and O–H groups in total. The van der Waals surface area contributed by atoms with Gasteiger partial charge in [0.2, 0.25) is 0 Å². The first-order valence-electron chi connectivity index (χ1n) is 8.50. The van der Waals surface area contributed by atoms with E-state index in [0.717, 1.165) is 24.2 Å². The Morgan fingerprint density at radius 3 is 1.15 bits per heavy atom. The predicted octanol–water partition coefficient (Wildman–Crippen LogP) is 4.69. The van der Waals surface area contributed by atoms with E-state index in [-0.39, 0.29) is 35.9 Å². The van der Waals surface area contributed by atoms with Gasteiger partial charge < -0.3 is 0 Å². The Bertz CT molecular complexity index is 585. The molecule has 0 spiro atoms. The van der Waals surface area contributed by atoms with E-state index in [0.29, 0.717) is 0 Å². The lowest BCUT2D eigenvalue weighted by atomic mass is 10.1. The first-order chi connectivity index (χ1) is 11.0. The average Bonchev–Trinajstić information content (AvgIpc) is 2.46. The van der Waals surface area contributed by atoms with Gasteiger partial charge in [0, 0.05) is 22.2 Å². The summed E-state index contributed by atoms with van der Waals surface area (Å²) in [6.45, 7) is 14.7. The minimum atomic E-state index is 0. The fraction of sp³-hybridized carbons (Fsp3) is 0.545. The fourth-order valence-corrected chi connectivity index (χ4v) is 1.63. The van der Waals surface area contributed by atoms with Crippen LogP contribution in [0.2, 0.25) is 0 Å². The summed E-state index contributed by atoms with van der Waals surface area (Å²) in [6, 6.07) is 8.17. The van der Waals surface area contributed by atoms with Gasteiger partial charge >= 0.3 is 0 Å². The summed E-state index contributed by atoms with van der Waals surface area (Å²) in [5.74, 6) is 12.9. The van der Waals surface area contributed by atoms with Crippen LogP contribution in [0.15, 0.2) is 24.3 Å². The third kappa shape index (κ3) is 10.1. The molecule has 0 heterocycles. The second-order valence-corrected chi connectivity index (χ2v) is 8.23. The number of benzene rings is 1. The molecule has 1 rings (SSSR count). The zero-order valence-electron chi connectivity index (χ0n) is 17.4. The van der Waals surface area contributed by atoms with Gasteiger partial charge in [0.1, 0.15) is 0 Å². The molecule has 2 nitrogen and oxygen atoms in total. The van der Waals surface area contributed by atoms with Gasteiger partial charge in [0.05, 0.1) is 13.1 Å². The summed E-state index contributed by atoms with van der Waals surface area (Å²) in [5, 5.41) is 0. The van der Waals surface area contributed by atoms with Crippen molar-refractivity contribution in [2.45, 2.75) is 52.6 Å². The van der Waals surface area contributed by atoms with Gasteiger partial charge in [-0.15, -0.1) is 24.8 Å². The summed E-state index contributed by atoms with van der Waals surface area (Å²) in [4.78, 5) is 4.48. The third-order valence-electron chi connectivity index (χ3n) is 4.27. The van der Waals surface area contributed by atoms with Crippen LogP contribution >= 0.6 is 24.8 Å². The molecule has 0 unspecified atom stereocenters. The second kappa shape index (κ2) is 11.5. The number of halogens is 2. The monoisotopic (exact) mass is 396 g/mol. The van der Waals surface area contributed by atoms with Crippen molar-refractivity contribution in [2.75, 3.05) is 27.2 Å². The van der Waals surface area contributed by atoms with Crippen LogP contribution in [0, 0.1) is 23.7 Å². The summed E-state index contributed by atoms with van der Waals surface area (Å²) in [5.41, 5.74) is 2.37. The Kier molecular flexibility index (Phi) is 12.0. The van der Waals surface area contributed by atoms with Crippen LogP contribution in [0.1, 0.15) is 52.7 Å². The molecule has 0 atom stereocenters. The predicted molar refractivity (Wildman–Crippen MR) is 119 cm³/mol. The average molecular weight is 397 g/mol. The van der Waals surface area contributed by atoms with E-state index in [1.165, 1.54) is 0 Å². The van der Waals surface area contributed by atoms with E-state index in [1.807, 2.05) is 24.3 Å². The molecule has 1 aromatic rings. The Morgan fingerprint density at radius 2 is 0.923 bits per heavy atom. The molecule has 0 saturated heterocycles. The van der Waals surface area contributed by atoms with E-state index in [9.17, 15) is 0 Å². The second-order valence-electron chi connectivity index (χ2n) is 8.23. The van der Waals surface area contributed by atoms with Gasteiger partial charge in [0.25, 0.3) is 0 Å². The van der Waals surface area contributed by atoms with Crippen molar-refractivity contribution in [1.29, 1.82) is 0 Å². The Labute approximate surface area is 173 Å². The third-order valence-corrected chi connectivity index (χ3v) is 4.27. The Hall–Kier alpha value is -1.16. The molecule has 0 aliphatic heterocycles. The largest absolute Gasteiger partial charge is 0.290 e. The maximum absolute atomic E-state index is 3.24. The van der Waals surface area contributed by atoms with Crippen molar-refractivity contribution < 1.29 is 0 Å². The van der Waals surface area contributed by atoms with Crippen molar-refractivity contribution in [3.63, 3.8) is 0 Å². The molecule has 1 aromatic carbocycles. The van der Waals surface area contributed by atoms with Crippen LogP contribution in [0.3, 0.4) is 0 Å². The molecule has 0 bridgehead atoms. The van der Waals surface area contributed by atoms with E-state index in [1.54, 1.807) is 0 Å². The van der Waals surface area contributed by atoms with Crippen LogP contribution in [-0.4, -0.2) is 48.1 Å². The van der Waals surface area contributed by atoms with E-state index in [2.05, 4.69) is 89.1 Å². The SMILES string of the molecule is CN(CC#Cc1ccc(C#CCN(C)C(C)(C)C)cc1)C(C)(C)C.Cl.Cl. The number of hydrogen-bond donors (Lipinski definition) is 0. The molecule has 0 aliphatic carbocycles. The van der Waals surface area contributed by atoms with E-state index < -0.39 is 0 Å².